The van der Waals surface area contributed by atoms with Crippen molar-refractivity contribution < 1.29 is 9.53 Å². The van der Waals surface area contributed by atoms with Gasteiger partial charge < -0.3 is 15.0 Å². The lowest BCUT2D eigenvalue weighted by Crippen LogP contribution is -2.59. The van der Waals surface area contributed by atoms with Gasteiger partial charge in [-0.2, -0.15) is 0 Å². The molecule has 1 aromatic carbocycles. The Balaban J connectivity index is 1.82. The van der Waals surface area contributed by atoms with Crippen LogP contribution in [0.2, 0.25) is 5.02 Å². The van der Waals surface area contributed by atoms with Crippen molar-refractivity contribution in [1.82, 2.24) is 10.2 Å². The molecule has 0 radical (unpaired) electrons. The number of carbonyl (C=O) groups is 1. The number of carbonyl (C=O) groups excluding carboxylic acids is 1. The Morgan fingerprint density at radius 2 is 2.26 bits per heavy atom. The van der Waals surface area contributed by atoms with Crippen LogP contribution in [0, 0.1) is 0 Å². The Kier molecular flexibility index (Phi) is 4.45. The molecule has 19 heavy (non-hydrogen) atoms. The summed E-state index contributed by atoms with van der Waals surface area (Å²) >= 11 is 5.92. The molecular weight excluding hydrogens is 264 g/mol. The van der Waals surface area contributed by atoms with Gasteiger partial charge in [0.25, 0.3) is 0 Å². The monoisotopic (exact) mass is 282 g/mol. The van der Waals surface area contributed by atoms with Gasteiger partial charge in [0.05, 0.1) is 5.60 Å². The van der Waals surface area contributed by atoms with Crippen LogP contribution < -0.4 is 5.32 Å². The van der Waals surface area contributed by atoms with Crippen LogP contribution in [-0.4, -0.2) is 43.2 Å². The Hall–Kier alpha value is -1.10. The number of hydrogen-bond donors (Lipinski definition) is 1. The van der Waals surface area contributed by atoms with E-state index in [9.17, 15) is 4.79 Å². The van der Waals surface area contributed by atoms with Gasteiger partial charge in [-0.15, -0.1) is 0 Å². The van der Waals surface area contributed by atoms with E-state index < -0.39 is 0 Å². The van der Waals surface area contributed by atoms with Gasteiger partial charge in [-0.1, -0.05) is 23.7 Å². The smallest absolute Gasteiger partial charge is 0.248 e. The third-order valence-corrected chi connectivity index (χ3v) is 3.51. The summed E-state index contributed by atoms with van der Waals surface area (Å²) in [6.45, 7) is 4.28. The first-order valence-electron chi connectivity index (χ1n) is 6.32. The lowest BCUT2D eigenvalue weighted by atomic mass is 10.0. The zero-order chi connectivity index (χ0) is 13.9. The normalized spacial score (nSPS) is 16.8. The summed E-state index contributed by atoms with van der Waals surface area (Å²) in [7, 11) is 1.77. The molecule has 1 aliphatic rings. The van der Waals surface area contributed by atoms with E-state index in [1.807, 2.05) is 31.2 Å². The standard InChI is InChI=1S/C14H19ClN2O2/c1-14(9-16-10-14)19-8-13(18)17(2)7-11-4-3-5-12(15)6-11/h3-6,16H,7-10H2,1-2H3. The molecule has 4 nitrogen and oxygen atoms in total. The predicted octanol–water partition coefficient (Wildman–Crippen LogP) is 1.68. The highest BCUT2D eigenvalue weighted by Gasteiger charge is 2.33. The molecule has 1 N–H and O–H groups in total. The van der Waals surface area contributed by atoms with E-state index in [2.05, 4.69) is 5.32 Å². The number of likely N-dealkylation sites (N-methyl/N-ethyl adjacent to an activating group) is 1. The average molecular weight is 283 g/mol. The predicted molar refractivity (Wildman–Crippen MR) is 75.2 cm³/mol. The Labute approximate surface area is 118 Å². The molecule has 1 saturated heterocycles. The summed E-state index contributed by atoms with van der Waals surface area (Å²) in [6.07, 6.45) is 0. The van der Waals surface area contributed by atoms with Crippen molar-refractivity contribution in [2.45, 2.75) is 19.1 Å². The maximum Gasteiger partial charge on any atom is 0.248 e. The minimum atomic E-state index is -0.188. The largest absolute Gasteiger partial charge is 0.363 e. The summed E-state index contributed by atoms with van der Waals surface area (Å²) in [5.74, 6) is -0.0203. The van der Waals surface area contributed by atoms with Crippen molar-refractivity contribution in [3.8, 4) is 0 Å². The molecule has 104 valence electrons. The van der Waals surface area contributed by atoms with Crippen LogP contribution >= 0.6 is 11.6 Å². The van der Waals surface area contributed by atoms with E-state index in [-0.39, 0.29) is 18.1 Å². The highest BCUT2D eigenvalue weighted by molar-refractivity contribution is 6.30. The number of benzene rings is 1. The van der Waals surface area contributed by atoms with Crippen molar-refractivity contribution in [2.75, 3.05) is 26.7 Å². The lowest BCUT2D eigenvalue weighted by Gasteiger charge is -2.39. The van der Waals surface area contributed by atoms with E-state index in [4.69, 9.17) is 16.3 Å². The summed E-state index contributed by atoms with van der Waals surface area (Å²) < 4.78 is 5.63. The van der Waals surface area contributed by atoms with Crippen LogP contribution in [0.4, 0.5) is 0 Å². The van der Waals surface area contributed by atoms with E-state index in [0.29, 0.717) is 11.6 Å². The van der Waals surface area contributed by atoms with E-state index in [1.54, 1.807) is 11.9 Å². The second-order valence-electron chi connectivity index (χ2n) is 5.22. The molecule has 0 aromatic heterocycles. The van der Waals surface area contributed by atoms with Gasteiger partial charge in [0.1, 0.15) is 6.61 Å². The highest BCUT2D eigenvalue weighted by Crippen LogP contribution is 2.16. The fourth-order valence-electron chi connectivity index (χ4n) is 1.92. The van der Waals surface area contributed by atoms with Gasteiger partial charge in [0.2, 0.25) is 5.91 Å². The third-order valence-electron chi connectivity index (χ3n) is 3.28. The highest BCUT2D eigenvalue weighted by atomic mass is 35.5. The molecule has 5 heteroatoms. The van der Waals surface area contributed by atoms with Gasteiger partial charge in [0.15, 0.2) is 0 Å². The Morgan fingerprint density at radius 3 is 2.84 bits per heavy atom. The van der Waals surface area contributed by atoms with Crippen molar-refractivity contribution >= 4 is 17.5 Å². The van der Waals surface area contributed by atoms with Gasteiger partial charge in [-0.25, -0.2) is 0 Å². The maximum atomic E-state index is 12.0. The SMILES string of the molecule is CN(Cc1cccc(Cl)c1)C(=O)COC1(C)CNC1. The first-order chi connectivity index (χ1) is 8.98. The molecule has 1 heterocycles. The minimum Gasteiger partial charge on any atom is -0.363 e. The van der Waals surface area contributed by atoms with Crippen molar-refractivity contribution in [2.24, 2.45) is 0 Å². The fraction of sp³-hybridized carbons (Fsp3) is 0.500. The summed E-state index contributed by atoms with van der Waals surface area (Å²) in [5, 5.41) is 3.82. The third kappa shape index (κ3) is 3.93. The molecule has 0 spiro atoms. The van der Waals surface area contributed by atoms with Crippen molar-refractivity contribution in [3.05, 3.63) is 34.9 Å². The summed E-state index contributed by atoms with van der Waals surface area (Å²) in [4.78, 5) is 13.6. The molecule has 1 amide bonds. The van der Waals surface area contributed by atoms with Crippen LogP contribution in [-0.2, 0) is 16.1 Å². The Morgan fingerprint density at radius 1 is 1.53 bits per heavy atom. The topological polar surface area (TPSA) is 41.6 Å². The molecule has 0 bridgehead atoms. The summed E-state index contributed by atoms with van der Waals surface area (Å²) in [6, 6.07) is 7.52. The average Bonchev–Trinajstić information content (AvgIpc) is 2.33. The van der Waals surface area contributed by atoms with Crippen LogP contribution in [0.25, 0.3) is 0 Å². The fourth-order valence-corrected chi connectivity index (χ4v) is 2.14. The quantitative estimate of drug-likeness (QED) is 0.893. The second-order valence-corrected chi connectivity index (χ2v) is 5.66. The molecule has 1 fully saturated rings. The van der Waals surface area contributed by atoms with E-state index in [1.165, 1.54) is 0 Å². The first-order valence-corrected chi connectivity index (χ1v) is 6.69. The number of amides is 1. The van der Waals surface area contributed by atoms with Crippen LogP contribution in [0.15, 0.2) is 24.3 Å². The molecule has 0 atom stereocenters. The molecule has 1 aromatic rings. The second kappa shape index (κ2) is 5.90. The van der Waals surface area contributed by atoms with Gasteiger partial charge in [0, 0.05) is 31.7 Å². The number of hydrogen-bond acceptors (Lipinski definition) is 3. The lowest BCUT2D eigenvalue weighted by molar-refractivity contribution is -0.145. The molecular formula is C14H19ClN2O2. The molecule has 2 rings (SSSR count). The molecule has 0 aliphatic carbocycles. The van der Waals surface area contributed by atoms with Crippen LogP contribution in [0.5, 0.6) is 0 Å². The number of rotatable bonds is 5. The van der Waals surface area contributed by atoms with Gasteiger partial charge in [-0.05, 0) is 24.6 Å². The zero-order valence-corrected chi connectivity index (χ0v) is 12.0. The minimum absolute atomic E-state index is 0.0203. The van der Waals surface area contributed by atoms with Crippen molar-refractivity contribution in [1.29, 1.82) is 0 Å². The van der Waals surface area contributed by atoms with E-state index in [0.717, 1.165) is 18.7 Å². The Bertz CT molecular complexity index is 461. The zero-order valence-electron chi connectivity index (χ0n) is 11.3. The van der Waals surface area contributed by atoms with Crippen molar-refractivity contribution in [3.63, 3.8) is 0 Å². The molecule has 1 aliphatic heterocycles. The van der Waals surface area contributed by atoms with Crippen LogP contribution in [0.3, 0.4) is 0 Å². The number of halogens is 1. The number of ether oxygens (including phenoxy) is 1. The number of nitrogens with one attached hydrogen (secondary N) is 1. The molecule has 0 saturated carbocycles. The molecule has 0 unspecified atom stereocenters. The van der Waals surface area contributed by atoms with Gasteiger partial charge >= 0.3 is 0 Å². The number of nitrogens with zero attached hydrogens (tertiary/aromatic N) is 1. The summed E-state index contributed by atoms with van der Waals surface area (Å²) in [5.41, 5.74) is 0.826. The van der Waals surface area contributed by atoms with Crippen LogP contribution in [0.1, 0.15) is 12.5 Å². The van der Waals surface area contributed by atoms with E-state index >= 15 is 0 Å². The van der Waals surface area contributed by atoms with Gasteiger partial charge in [-0.3, -0.25) is 4.79 Å². The maximum absolute atomic E-state index is 12.0. The first kappa shape index (κ1) is 14.3.